The normalized spacial score (nSPS) is 9.82. The van der Waals surface area contributed by atoms with Crippen molar-refractivity contribution in [2.45, 2.75) is 0 Å². The number of carboxylic acids is 1. The van der Waals surface area contributed by atoms with Crippen LogP contribution in [0.1, 0.15) is 10.4 Å². The molecular weight excluding hydrogens is 280 g/mol. The summed E-state index contributed by atoms with van der Waals surface area (Å²) in [6, 6.07) is 17.3. The summed E-state index contributed by atoms with van der Waals surface area (Å²) in [6.45, 7) is 0. The fourth-order valence-electron chi connectivity index (χ4n) is 1.92. The predicted molar refractivity (Wildman–Crippen MR) is 87.8 cm³/mol. The highest BCUT2D eigenvalue weighted by Gasteiger charge is 2.11. The molecule has 0 fully saturated rings. The summed E-state index contributed by atoms with van der Waals surface area (Å²) in [7, 11) is 0. The number of nitrogens with two attached hydrogens (primary N) is 2. The zero-order chi connectivity index (χ0) is 16.1. The molecule has 3 aromatic carbocycles. The van der Waals surface area contributed by atoms with E-state index < -0.39 is 5.97 Å². The van der Waals surface area contributed by atoms with Gasteiger partial charge in [0, 0.05) is 16.8 Å². The van der Waals surface area contributed by atoms with Crippen LogP contribution in [-0.2, 0) is 0 Å². The lowest BCUT2D eigenvalue weighted by Crippen LogP contribution is -1.96. The second-order valence-corrected chi connectivity index (χ2v) is 4.65. The monoisotopic (exact) mass is 296 g/mol. The Morgan fingerprint density at radius 3 is 1.91 bits per heavy atom. The lowest BCUT2D eigenvalue weighted by Gasteiger charge is -2.03. The summed E-state index contributed by atoms with van der Waals surface area (Å²) >= 11 is 0. The van der Waals surface area contributed by atoms with E-state index in [0.29, 0.717) is 5.39 Å². The number of hydrogen-bond acceptors (Lipinski definition) is 4. The Hall–Kier alpha value is -3.21. The van der Waals surface area contributed by atoms with Crippen molar-refractivity contribution in [1.29, 1.82) is 0 Å². The fourth-order valence-corrected chi connectivity index (χ4v) is 1.92. The number of benzene rings is 3. The molecule has 0 saturated carbocycles. The molecule has 0 aliphatic rings. The summed E-state index contributed by atoms with van der Waals surface area (Å²) in [5, 5.41) is 19.8. The molecule has 112 valence electrons. The maximum absolute atomic E-state index is 10.7. The fraction of sp³-hybridized carbons (Fsp3) is 0. The minimum atomic E-state index is -1.12. The first-order chi connectivity index (χ1) is 10.5. The van der Waals surface area contributed by atoms with Gasteiger partial charge in [-0.15, -0.1) is 0 Å². The van der Waals surface area contributed by atoms with Gasteiger partial charge >= 0.3 is 5.97 Å². The van der Waals surface area contributed by atoms with Crippen LogP contribution >= 0.6 is 0 Å². The lowest BCUT2D eigenvalue weighted by molar-refractivity contribution is 0.0694. The van der Waals surface area contributed by atoms with Gasteiger partial charge in [0.15, 0.2) is 0 Å². The molecule has 6 N–H and O–H groups in total. The van der Waals surface area contributed by atoms with Crippen molar-refractivity contribution in [3.05, 3.63) is 66.2 Å². The summed E-state index contributed by atoms with van der Waals surface area (Å²) < 4.78 is 0. The van der Waals surface area contributed by atoms with E-state index in [-0.39, 0.29) is 11.3 Å². The van der Waals surface area contributed by atoms with Crippen LogP contribution in [0.3, 0.4) is 0 Å². The van der Waals surface area contributed by atoms with E-state index in [2.05, 4.69) is 0 Å². The second-order valence-electron chi connectivity index (χ2n) is 4.65. The highest BCUT2D eigenvalue weighted by atomic mass is 16.4. The van der Waals surface area contributed by atoms with Gasteiger partial charge < -0.3 is 21.7 Å². The smallest absolute Gasteiger partial charge is 0.339 e. The molecule has 0 radical (unpaired) electrons. The number of aromatic hydroxyl groups is 1. The van der Waals surface area contributed by atoms with Crippen molar-refractivity contribution in [2.24, 2.45) is 0 Å². The molecule has 0 bridgehead atoms. The van der Waals surface area contributed by atoms with Crippen LogP contribution < -0.4 is 11.5 Å². The third-order valence-corrected chi connectivity index (χ3v) is 3.07. The zero-order valence-corrected chi connectivity index (χ0v) is 11.7. The number of carbonyl (C=O) groups is 1. The third-order valence-electron chi connectivity index (χ3n) is 3.07. The number of carboxylic acid groups (broad SMARTS) is 1. The number of phenols is 1. The number of nitrogen functional groups attached to an aromatic ring is 2. The van der Waals surface area contributed by atoms with E-state index in [1.54, 1.807) is 42.5 Å². The van der Waals surface area contributed by atoms with Crippen LogP contribution in [0.5, 0.6) is 5.75 Å². The molecule has 5 nitrogen and oxygen atoms in total. The molecule has 0 aliphatic heterocycles. The van der Waals surface area contributed by atoms with Gasteiger partial charge in [-0.2, -0.15) is 0 Å². The van der Waals surface area contributed by atoms with Crippen LogP contribution in [-0.4, -0.2) is 16.2 Å². The Balaban J connectivity index is 0.000000188. The Bertz CT molecular complexity index is 778. The van der Waals surface area contributed by atoms with Crippen molar-refractivity contribution in [3.8, 4) is 5.75 Å². The van der Waals surface area contributed by atoms with E-state index in [1.807, 2.05) is 12.1 Å². The Labute approximate surface area is 127 Å². The first-order valence-electron chi connectivity index (χ1n) is 6.54. The average molecular weight is 296 g/mol. The quantitative estimate of drug-likeness (QED) is 0.516. The van der Waals surface area contributed by atoms with Gasteiger partial charge in [-0.3, -0.25) is 0 Å². The number of hydrogen-bond donors (Lipinski definition) is 4. The minimum absolute atomic E-state index is 0.0660. The van der Waals surface area contributed by atoms with Gasteiger partial charge in [0.25, 0.3) is 0 Å². The van der Waals surface area contributed by atoms with Gasteiger partial charge in [0.05, 0.1) is 0 Å². The lowest BCUT2D eigenvalue weighted by atomic mass is 10.1. The molecule has 0 saturated heterocycles. The molecule has 0 aromatic heterocycles. The Morgan fingerprint density at radius 2 is 1.36 bits per heavy atom. The van der Waals surface area contributed by atoms with Crippen molar-refractivity contribution in [1.82, 2.24) is 0 Å². The largest absolute Gasteiger partial charge is 0.506 e. The van der Waals surface area contributed by atoms with Crippen molar-refractivity contribution >= 4 is 28.1 Å². The number of anilines is 2. The Kier molecular flexibility index (Phi) is 4.48. The molecule has 0 spiro atoms. The summed E-state index contributed by atoms with van der Waals surface area (Å²) in [4.78, 5) is 10.7. The molecule has 5 heteroatoms. The van der Waals surface area contributed by atoms with Gasteiger partial charge in [-0.1, -0.05) is 30.3 Å². The van der Waals surface area contributed by atoms with Crippen LogP contribution in [0.4, 0.5) is 11.4 Å². The summed E-state index contributed by atoms with van der Waals surface area (Å²) in [6.07, 6.45) is 0. The first-order valence-corrected chi connectivity index (χ1v) is 6.54. The van der Waals surface area contributed by atoms with Crippen LogP contribution in [0.15, 0.2) is 60.7 Å². The molecule has 3 rings (SSSR count). The topological polar surface area (TPSA) is 110 Å². The first kappa shape index (κ1) is 15.2. The van der Waals surface area contributed by atoms with Crippen LogP contribution in [0.2, 0.25) is 0 Å². The molecule has 0 amide bonds. The number of aromatic carboxylic acids is 1. The standard InChI is InChI=1S/C11H8O3.C6H8N2/c12-10-8-4-2-1-3-7(8)5-6-9(10)11(13)14;7-5-1-2-6(8)4-3-5/h1-6,12H,(H,13,14);1-4H,7-8H2. The van der Waals surface area contributed by atoms with Crippen molar-refractivity contribution in [3.63, 3.8) is 0 Å². The number of rotatable bonds is 1. The number of fused-ring (bicyclic) bond motifs is 1. The molecule has 22 heavy (non-hydrogen) atoms. The third kappa shape index (κ3) is 3.46. The van der Waals surface area contributed by atoms with Gasteiger partial charge in [-0.05, 0) is 35.7 Å². The van der Waals surface area contributed by atoms with E-state index in [4.69, 9.17) is 16.6 Å². The molecule has 3 aromatic rings. The van der Waals surface area contributed by atoms with E-state index in [9.17, 15) is 9.90 Å². The van der Waals surface area contributed by atoms with Gasteiger partial charge in [-0.25, -0.2) is 4.79 Å². The minimum Gasteiger partial charge on any atom is -0.506 e. The maximum atomic E-state index is 10.7. The summed E-state index contributed by atoms with van der Waals surface area (Å²) in [5.74, 6) is -1.29. The second kappa shape index (κ2) is 6.49. The van der Waals surface area contributed by atoms with Gasteiger partial charge in [0.2, 0.25) is 0 Å². The molecule has 0 unspecified atom stereocenters. The van der Waals surface area contributed by atoms with E-state index in [0.717, 1.165) is 16.8 Å². The zero-order valence-electron chi connectivity index (χ0n) is 11.7. The van der Waals surface area contributed by atoms with Crippen molar-refractivity contribution in [2.75, 3.05) is 11.5 Å². The molecule has 0 atom stereocenters. The van der Waals surface area contributed by atoms with E-state index in [1.165, 1.54) is 6.07 Å². The molecule has 0 heterocycles. The summed E-state index contributed by atoms with van der Waals surface area (Å²) in [5.41, 5.74) is 12.2. The predicted octanol–water partition coefficient (Wildman–Crippen LogP) is 3.09. The molecular formula is C17H16N2O3. The van der Waals surface area contributed by atoms with Crippen LogP contribution in [0.25, 0.3) is 10.8 Å². The molecule has 0 aliphatic carbocycles. The van der Waals surface area contributed by atoms with Crippen LogP contribution in [0, 0.1) is 0 Å². The SMILES string of the molecule is Nc1ccc(N)cc1.O=C(O)c1ccc2ccccc2c1O. The van der Waals surface area contributed by atoms with E-state index >= 15 is 0 Å². The highest BCUT2D eigenvalue weighted by Crippen LogP contribution is 2.28. The average Bonchev–Trinajstić information content (AvgIpc) is 2.51. The van der Waals surface area contributed by atoms with Crippen molar-refractivity contribution < 1.29 is 15.0 Å². The maximum Gasteiger partial charge on any atom is 0.339 e. The highest BCUT2D eigenvalue weighted by molar-refractivity contribution is 6.00. The Morgan fingerprint density at radius 1 is 0.818 bits per heavy atom. The van der Waals surface area contributed by atoms with Gasteiger partial charge in [0.1, 0.15) is 11.3 Å².